The lowest BCUT2D eigenvalue weighted by Crippen LogP contribution is -2.46. The van der Waals surface area contributed by atoms with Crippen molar-refractivity contribution >= 4 is 28.3 Å². The number of thiophene rings is 1. The van der Waals surface area contributed by atoms with Gasteiger partial charge in [0.1, 0.15) is 0 Å². The molecule has 1 N–H and O–H groups in total. The van der Waals surface area contributed by atoms with Crippen LogP contribution >= 0.6 is 23.1 Å². The Morgan fingerprint density at radius 3 is 3.00 bits per heavy atom. The molecule has 1 spiro atoms. The summed E-state index contributed by atoms with van der Waals surface area (Å²) in [6.07, 6.45) is 6.47. The first-order valence-electron chi connectivity index (χ1n) is 7.24. The Bertz CT molecular complexity index is 431. The van der Waals surface area contributed by atoms with Crippen molar-refractivity contribution in [2.24, 2.45) is 10.9 Å². The third kappa shape index (κ3) is 3.34. The van der Waals surface area contributed by atoms with Crippen molar-refractivity contribution in [3.05, 3.63) is 22.4 Å². The van der Waals surface area contributed by atoms with Gasteiger partial charge in [-0.25, -0.2) is 0 Å². The molecular formula is C15H22N2S2. The molecule has 1 aliphatic carbocycles. The van der Waals surface area contributed by atoms with Gasteiger partial charge in [-0.05, 0) is 43.0 Å². The Balaban J connectivity index is 1.51. The lowest BCUT2D eigenvalue weighted by atomic mass is 9.78. The molecule has 3 rings (SSSR count). The highest BCUT2D eigenvalue weighted by Gasteiger charge is 2.39. The maximum absolute atomic E-state index is 4.74. The average molecular weight is 294 g/mol. The van der Waals surface area contributed by atoms with E-state index in [-0.39, 0.29) is 0 Å². The van der Waals surface area contributed by atoms with Crippen LogP contribution < -0.4 is 5.32 Å². The van der Waals surface area contributed by atoms with Crippen LogP contribution in [0, 0.1) is 5.92 Å². The van der Waals surface area contributed by atoms with Crippen LogP contribution in [-0.4, -0.2) is 23.0 Å². The van der Waals surface area contributed by atoms with Gasteiger partial charge in [0.15, 0.2) is 5.17 Å². The number of nitrogens with one attached hydrogen (secondary N) is 1. The number of aliphatic imine (C=N–C) groups is 1. The first-order valence-corrected chi connectivity index (χ1v) is 9.10. The van der Waals surface area contributed by atoms with Gasteiger partial charge in [0.2, 0.25) is 0 Å². The van der Waals surface area contributed by atoms with E-state index < -0.39 is 0 Å². The second kappa shape index (κ2) is 5.88. The van der Waals surface area contributed by atoms with Crippen LogP contribution in [0.2, 0.25) is 0 Å². The minimum Gasteiger partial charge on any atom is -0.359 e. The zero-order valence-electron chi connectivity index (χ0n) is 11.5. The maximum Gasteiger partial charge on any atom is 0.157 e. The van der Waals surface area contributed by atoms with E-state index in [0.717, 1.165) is 18.9 Å². The van der Waals surface area contributed by atoms with E-state index in [1.165, 1.54) is 41.5 Å². The molecule has 0 atom stereocenters. The van der Waals surface area contributed by atoms with E-state index in [1.807, 2.05) is 23.1 Å². The second-order valence-corrected chi connectivity index (χ2v) is 7.89. The summed E-state index contributed by atoms with van der Waals surface area (Å²) in [5, 5.41) is 7.05. The standard InChI is InChI=1S/C15H22N2S2/c1-12-4-7-15(8-5-12)11-19-14(17-15)16-9-6-13-3-2-10-18-13/h2-3,10,12H,4-9,11H2,1H3,(H,16,17). The monoisotopic (exact) mass is 294 g/mol. The Hall–Kier alpha value is -0.480. The van der Waals surface area contributed by atoms with Gasteiger partial charge >= 0.3 is 0 Å². The predicted molar refractivity (Wildman–Crippen MR) is 86.3 cm³/mol. The van der Waals surface area contributed by atoms with Crippen LogP contribution in [0.5, 0.6) is 0 Å². The second-order valence-electron chi connectivity index (χ2n) is 5.89. The van der Waals surface area contributed by atoms with Gasteiger partial charge in [0.05, 0.1) is 0 Å². The first kappa shape index (κ1) is 13.5. The Labute approximate surface area is 124 Å². The van der Waals surface area contributed by atoms with Crippen molar-refractivity contribution in [3.8, 4) is 0 Å². The van der Waals surface area contributed by atoms with Gasteiger partial charge < -0.3 is 5.32 Å². The molecule has 2 nitrogen and oxygen atoms in total. The minimum absolute atomic E-state index is 0.374. The van der Waals surface area contributed by atoms with Gasteiger partial charge in [-0.3, -0.25) is 4.99 Å². The summed E-state index contributed by atoms with van der Waals surface area (Å²) in [4.78, 5) is 6.18. The summed E-state index contributed by atoms with van der Waals surface area (Å²) in [5.74, 6) is 2.13. The van der Waals surface area contributed by atoms with Crippen molar-refractivity contribution < 1.29 is 0 Å². The smallest absolute Gasteiger partial charge is 0.157 e. The Morgan fingerprint density at radius 2 is 2.26 bits per heavy atom. The lowest BCUT2D eigenvalue weighted by molar-refractivity contribution is 0.251. The van der Waals surface area contributed by atoms with E-state index in [0.29, 0.717) is 5.54 Å². The predicted octanol–water partition coefficient (Wildman–Crippen LogP) is 3.93. The molecule has 1 saturated heterocycles. The van der Waals surface area contributed by atoms with Gasteiger partial charge in [-0.1, -0.05) is 24.8 Å². The van der Waals surface area contributed by atoms with Crippen molar-refractivity contribution in [1.82, 2.24) is 5.32 Å². The third-order valence-corrected chi connectivity index (χ3v) is 6.42. The van der Waals surface area contributed by atoms with E-state index in [2.05, 4.69) is 29.8 Å². The molecule has 0 bridgehead atoms. The van der Waals surface area contributed by atoms with Gasteiger partial charge in [0.25, 0.3) is 0 Å². The summed E-state index contributed by atoms with van der Waals surface area (Å²) in [7, 11) is 0. The molecule has 19 heavy (non-hydrogen) atoms. The number of hydrogen-bond acceptors (Lipinski definition) is 3. The summed E-state index contributed by atoms with van der Waals surface area (Å²) in [5.41, 5.74) is 0.374. The highest BCUT2D eigenvalue weighted by Crippen LogP contribution is 2.38. The average Bonchev–Trinajstić information content (AvgIpc) is 3.05. The lowest BCUT2D eigenvalue weighted by Gasteiger charge is -2.35. The van der Waals surface area contributed by atoms with Gasteiger partial charge in [-0.15, -0.1) is 11.3 Å². The first-order chi connectivity index (χ1) is 9.26. The summed E-state index contributed by atoms with van der Waals surface area (Å²) < 4.78 is 0. The molecule has 1 aromatic rings. The SMILES string of the molecule is CC1CCC2(CC1)CSC(=NCCc1cccs1)N2. The maximum atomic E-state index is 4.74. The van der Waals surface area contributed by atoms with E-state index in [1.54, 1.807) is 0 Å². The van der Waals surface area contributed by atoms with Crippen LogP contribution in [0.15, 0.2) is 22.5 Å². The van der Waals surface area contributed by atoms with Crippen molar-refractivity contribution in [2.45, 2.75) is 44.6 Å². The largest absolute Gasteiger partial charge is 0.359 e. The van der Waals surface area contributed by atoms with E-state index >= 15 is 0 Å². The van der Waals surface area contributed by atoms with Crippen molar-refractivity contribution in [1.29, 1.82) is 0 Å². The minimum atomic E-state index is 0.374. The number of nitrogens with zero attached hydrogens (tertiary/aromatic N) is 1. The van der Waals surface area contributed by atoms with Gasteiger partial charge in [-0.2, -0.15) is 0 Å². The molecule has 4 heteroatoms. The molecule has 2 heterocycles. The summed E-state index contributed by atoms with van der Waals surface area (Å²) in [6, 6.07) is 4.32. The fraction of sp³-hybridized carbons (Fsp3) is 0.667. The topological polar surface area (TPSA) is 24.4 Å². The quantitative estimate of drug-likeness (QED) is 0.913. The number of rotatable bonds is 3. The number of hydrogen-bond donors (Lipinski definition) is 1. The summed E-state index contributed by atoms with van der Waals surface area (Å²) >= 11 is 3.76. The normalized spacial score (nSPS) is 32.9. The van der Waals surface area contributed by atoms with E-state index in [9.17, 15) is 0 Å². The molecule has 1 aromatic heterocycles. The van der Waals surface area contributed by atoms with E-state index in [4.69, 9.17) is 4.99 Å². The molecule has 104 valence electrons. The van der Waals surface area contributed by atoms with Gasteiger partial charge in [0, 0.05) is 29.1 Å². The van der Waals surface area contributed by atoms with Crippen molar-refractivity contribution in [2.75, 3.05) is 12.3 Å². The zero-order valence-corrected chi connectivity index (χ0v) is 13.2. The van der Waals surface area contributed by atoms with Crippen LogP contribution in [0.25, 0.3) is 0 Å². The number of thioether (sulfide) groups is 1. The molecule has 2 fully saturated rings. The third-order valence-electron chi connectivity index (χ3n) is 4.28. The molecule has 0 unspecified atom stereocenters. The molecule has 0 amide bonds. The van der Waals surface area contributed by atoms with Crippen LogP contribution in [0.3, 0.4) is 0 Å². The fourth-order valence-corrected chi connectivity index (χ4v) is 4.84. The molecule has 2 aliphatic rings. The molecular weight excluding hydrogens is 272 g/mol. The van der Waals surface area contributed by atoms with Crippen LogP contribution in [0.4, 0.5) is 0 Å². The highest BCUT2D eigenvalue weighted by molar-refractivity contribution is 8.14. The summed E-state index contributed by atoms with van der Waals surface area (Å²) in [6.45, 7) is 3.30. The Kier molecular flexibility index (Phi) is 4.18. The van der Waals surface area contributed by atoms with Crippen LogP contribution in [-0.2, 0) is 6.42 Å². The van der Waals surface area contributed by atoms with Crippen molar-refractivity contribution in [3.63, 3.8) is 0 Å². The highest BCUT2D eigenvalue weighted by atomic mass is 32.2. The molecule has 1 saturated carbocycles. The Morgan fingerprint density at radius 1 is 1.42 bits per heavy atom. The molecule has 0 aromatic carbocycles. The number of amidine groups is 1. The fourth-order valence-electron chi connectivity index (χ4n) is 2.90. The zero-order chi connectivity index (χ0) is 13.1. The van der Waals surface area contributed by atoms with Crippen LogP contribution in [0.1, 0.15) is 37.5 Å². The molecule has 1 aliphatic heterocycles. The molecule has 0 radical (unpaired) electrons.